The molecule has 20 heavy (non-hydrogen) atoms. The molecule has 1 saturated carbocycles. The van der Waals surface area contributed by atoms with Crippen molar-refractivity contribution in [2.45, 2.75) is 64.1 Å². The van der Waals surface area contributed by atoms with Crippen LogP contribution in [-0.4, -0.2) is 39.0 Å². The Morgan fingerprint density at radius 3 is 2.80 bits per heavy atom. The van der Waals surface area contributed by atoms with E-state index in [1.54, 1.807) is 0 Å². The lowest BCUT2D eigenvalue weighted by Crippen LogP contribution is -2.41. The highest BCUT2D eigenvalue weighted by molar-refractivity contribution is 5.00. The lowest BCUT2D eigenvalue weighted by Gasteiger charge is -2.33. The van der Waals surface area contributed by atoms with Crippen LogP contribution in [0.3, 0.4) is 0 Å². The fraction of sp³-hybridized carbons (Fsp3) is 0.812. The summed E-state index contributed by atoms with van der Waals surface area (Å²) in [6.07, 6.45) is 9.59. The van der Waals surface area contributed by atoms with Gasteiger partial charge in [0.2, 0.25) is 0 Å². The van der Waals surface area contributed by atoms with E-state index >= 15 is 0 Å². The molecule has 1 aromatic rings. The van der Waals surface area contributed by atoms with Gasteiger partial charge in [-0.15, -0.1) is 0 Å². The maximum atomic E-state index is 9.79. The van der Waals surface area contributed by atoms with Crippen LogP contribution in [0, 0.1) is 5.92 Å². The fourth-order valence-corrected chi connectivity index (χ4v) is 3.60. The topological polar surface area (TPSA) is 41.3 Å². The van der Waals surface area contributed by atoms with Gasteiger partial charge in [-0.25, -0.2) is 0 Å². The first kappa shape index (κ1) is 14.1. The lowest BCUT2D eigenvalue weighted by molar-refractivity contribution is 0.0314. The summed E-state index contributed by atoms with van der Waals surface area (Å²) in [6.45, 7) is 5.04. The van der Waals surface area contributed by atoms with Crippen molar-refractivity contribution in [1.29, 1.82) is 0 Å². The molecule has 2 fully saturated rings. The smallest absolute Gasteiger partial charge is 0.0764 e. The van der Waals surface area contributed by atoms with Gasteiger partial charge >= 0.3 is 0 Å². The van der Waals surface area contributed by atoms with E-state index in [2.05, 4.69) is 28.8 Å². The van der Waals surface area contributed by atoms with Gasteiger partial charge in [0.25, 0.3) is 0 Å². The maximum Gasteiger partial charge on any atom is 0.0764 e. The number of rotatable bonds is 3. The Morgan fingerprint density at radius 1 is 1.25 bits per heavy atom. The lowest BCUT2D eigenvalue weighted by atomic mass is 9.96. The van der Waals surface area contributed by atoms with Crippen molar-refractivity contribution in [2.75, 3.05) is 13.1 Å². The second-order valence-electron chi connectivity index (χ2n) is 6.65. The summed E-state index contributed by atoms with van der Waals surface area (Å²) >= 11 is 0. The minimum absolute atomic E-state index is 0.119. The molecule has 0 radical (unpaired) electrons. The van der Waals surface area contributed by atoms with Crippen LogP contribution in [0.15, 0.2) is 12.3 Å². The molecule has 2 heterocycles. The molecule has 2 unspecified atom stereocenters. The van der Waals surface area contributed by atoms with Crippen molar-refractivity contribution in [3.63, 3.8) is 0 Å². The summed E-state index contributed by atoms with van der Waals surface area (Å²) in [5.41, 5.74) is 1.18. The zero-order valence-corrected chi connectivity index (χ0v) is 12.5. The number of hydrogen-bond donors (Lipinski definition) is 1. The molecule has 2 aliphatic rings. The molecule has 4 heteroatoms. The molecular weight excluding hydrogens is 250 g/mol. The van der Waals surface area contributed by atoms with Crippen LogP contribution in [0.1, 0.15) is 57.2 Å². The van der Waals surface area contributed by atoms with E-state index in [1.165, 1.54) is 37.8 Å². The standard InChI is InChI=1S/C16H27N3O/c1-13-11-18(9-8-16(13)20)12-14-7-10-19(17-14)15-5-3-2-4-6-15/h7,10,13,15-16,20H,2-6,8-9,11-12H2,1H3. The monoisotopic (exact) mass is 277 g/mol. The van der Waals surface area contributed by atoms with E-state index in [9.17, 15) is 5.11 Å². The van der Waals surface area contributed by atoms with Gasteiger partial charge in [0.05, 0.1) is 17.8 Å². The van der Waals surface area contributed by atoms with Crippen molar-refractivity contribution in [1.82, 2.24) is 14.7 Å². The van der Waals surface area contributed by atoms with Crippen LogP contribution in [0.5, 0.6) is 0 Å². The third kappa shape index (κ3) is 3.23. The molecule has 0 aromatic carbocycles. The Balaban J connectivity index is 1.57. The molecule has 1 aliphatic heterocycles. The maximum absolute atomic E-state index is 9.79. The number of nitrogens with zero attached hydrogens (tertiary/aromatic N) is 3. The minimum atomic E-state index is -0.119. The Kier molecular flexibility index (Phi) is 4.41. The molecule has 0 spiro atoms. The summed E-state index contributed by atoms with van der Waals surface area (Å²) in [6, 6.07) is 2.80. The highest BCUT2D eigenvalue weighted by Gasteiger charge is 2.24. The second kappa shape index (κ2) is 6.27. The normalized spacial score (nSPS) is 29.7. The summed E-state index contributed by atoms with van der Waals surface area (Å²) < 4.78 is 2.19. The van der Waals surface area contributed by atoms with Gasteiger partial charge in [-0.1, -0.05) is 26.2 Å². The van der Waals surface area contributed by atoms with Gasteiger partial charge in [-0.05, 0) is 31.2 Å². The molecule has 1 aliphatic carbocycles. The first-order valence-electron chi connectivity index (χ1n) is 8.17. The van der Waals surface area contributed by atoms with E-state index < -0.39 is 0 Å². The SMILES string of the molecule is CC1CN(Cc2ccn(C3CCCCC3)n2)CCC1O. The largest absolute Gasteiger partial charge is 0.393 e. The number of hydrogen-bond acceptors (Lipinski definition) is 3. The molecule has 2 atom stereocenters. The van der Waals surface area contributed by atoms with Gasteiger partial charge < -0.3 is 5.11 Å². The average Bonchev–Trinajstić information content (AvgIpc) is 2.92. The van der Waals surface area contributed by atoms with Crippen LogP contribution in [0.25, 0.3) is 0 Å². The zero-order valence-electron chi connectivity index (χ0n) is 12.5. The quantitative estimate of drug-likeness (QED) is 0.923. The van der Waals surface area contributed by atoms with Crippen molar-refractivity contribution < 1.29 is 5.11 Å². The molecular formula is C16H27N3O. The molecule has 112 valence electrons. The second-order valence-corrected chi connectivity index (χ2v) is 6.65. The van der Waals surface area contributed by atoms with E-state index in [-0.39, 0.29) is 6.10 Å². The van der Waals surface area contributed by atoms with E-state index in [0.29, 0.717) is 12.0 Å². The van der Waals surface area contributed by atoms with Crippen LogP contribution in [0.4, 0.5) is 0 Å². The zero-order chi connectivity index (χ0) is 13.9. The molecule has 1 N–H and O–H groups in total. The van der Waals surface area contributed by atoms with Crippen molar-refractivity contribution in [2.24, 2.45) is 5.92 Å². The van der Waals surface area contributed by atoms with E-state index in [0.717, 1.165) is 26.1 Å². The van der Waals surface area contributed by atoms with Crippen LogP contribution in [0.2, 0.25) is 0 Å². The van der Waals surface area contributed by atoms with Crippen molar-refractivity contribution in [3.05, 3.63) is 18.0 Å². The van der Waals surface area contributed by atoms with Crippen LogP contribution >= 0.6 is 0 Å². The number of aliphatic hydroxyl groups is 1. The Hall–Kier alpha value is -0.870. The third-order valence-corrected chi connectivity index (χ3v) is 4.94. The van der Waals surface area contributed by atoms with Gasteiger partial charge in [-0.3, -0.25) is 9.58 Å². The number of aliphatic hydroxyl groups excluding tert-OH is 1. The molecule has 1 saturated heterocycles. The van der Waals surface area contributed by atoms with Crippen molar-refractivity contribution in [3.8, 4) is 0 Å². The van der Waals surface area contributed by atoms with Crippen LogP contribution in [-0.2, 0) is 6.54 Å². The number of piperidine rings is 1. The Labute approximate surface area is 121 Å². The molecule has 3 rings (SSSR count). The number of likely N-dealkylation sites (tertiary alicyclic amines) is 1. The van der Waals surface area contributed by atoms with Gasteiger partial charge in [-0.2, -0.15) is 5.10 Å². The highest BCUT2D eigenvalue weighted by Crippen LogP contribution is 2.27. The van der Waals surface area contributed by atoms with Gasteiger partial charge in [0.1, 0.15) is 0 Å². The summed E-state index contributed by atoms with van der Waals surface area (Å²) in [5, 5.41) is 14.6. The van der Waals surface area contributed by atoms with E-state index in [1.807, 2.05) is 0 Å². The molecule has 0 bridgehead atoms. The third-order valence-electron chi connectivity index (χ3n) is 4.94. The first-order valence-corrected chi connectivity index (χ1v) is 8.17. The Bertz CT molecular complexity index is 425. The van der Waals surface area contributed by atoms with Gasteiger partial charge in [0, 0.05) is 25.8 Å². The average molecular weight is 277 g/mol. The minimum Gasteiger partial charge on any atom is -0.393 e. The molecule has 0 amide bonds. The molecule has 1 aromatic heterocycles. The predicted molar refractivity (Wildman–Crippen MR) is 79.4 cm³/mol. The molecule has 4 nitrogen and oxygen atoms in total. The Morgan fingerprint density at radius 2 is 2.05 bits per heavy atom. The number of aromatic nitrogens is 2. The fourth-order valence-electron chi connectivity index (χ4n) is 3.60. The van der Waals surface area contributed by atoms with Crippen molar-refractivity contribution >= 4 is 0 Å². The summed E-state index contributed by atoms with van der Waals surface area (Å²) in [7, 11) is 0. The van der Waals surface area contributed by atoms with Gasteiger partial charge in [0.15, 0.2) is 0 Å². The summed E-state index contributed by atoms with van der Waals surface area (Å²) in [4.78, 5) is 2.42. The first-order chi connectivity index (χ1) is 9.72. The predicted octanol–water partition coefficient (Wildman–Crippen LogP) is 2.59. The summed E-state index contributed by atoms with van der Waals surface area (Å²) in [5.74, 6) is 0.379. The van der Waals surface area contributed by atoms with E-state index in [4.69, 9.17) is 5.10 Å². The van der Waals surface area contributed by atoms with Crippen LogP contribution < -0.4 is 0 Å². The highest BCUT2D eigenvalue weighted by atomic mass is 16.3.